The highest BCUT2D eigenvalue weighted by molar-refractivity contribution is 5.70. The fraction of sp³-hybridized carbons (Fsp3) is 0.485. The van der Waals surface area contributed by atoms with Crippen molar-refractivity contribution in [3.8, 4) is 23.3 Å². The Kier molecular flexibility index (Phi) is 9.08. The number of aromatic hydroxyl groups is 2. The van der Waals surface area contributed by atoms with E-state index < -0.39 is 5.97 Å². The highest BCUT2D eigenvalue weighted by Gasteiger charge is 2.29. The standard InChI is InChI=1S/C33H42N2O6/c1-3-25-18-24(6-10-29(25)41-17-15-35-31(36)12-13-32(35)37)21-34(20-23-4-7-26(8-5-23)33(38)39)22(2)27-9-11-30-28(19-27)14-16-40-30/h6,9-13,18-19,22-23,26,36-37H,3-5,7-8,14-17,20-21H2,1-2H3,(H,38,39). The van der Waals surface area contributed by atoms with Gasteiger partial charge in [0, 0.05) is 37.7 Å². The number of aryl methyl sites for hydroxylation is 1. The summed E-state index contributed by atoms with van der Waals surface area (Å²) >= 11 is 0. The van der Waals surface area contributed by atoms with Gasteiger partial charge in [-0.2, -0.15) is 0 Å². The van der Waals surface area contributed by atoms with Crippen LogP contribution in [0.25, 0.3) is 0 Å². The van der Waals surface area contributed by atoms with Gasteiger partial charge >= 0.3 is 5.97 Å². The molecular weight excluding hydrogens is 520 g/mol. The van der Waals surface area contributed by atoms with E-state index in [1.807, 2.05) is 6.07 Å². The first-order valence-electron chi connectivity index (χ1n) is 14.9. The van der Waals surface area contributed by atoms with Gasteiger partial charge in [0.05, 0.1) is 19.1 Å². The molecule has 220 valence electrons. The fourth-order valence-electron chi connectivity index (χ4n) is 6.27. The highest BCUT2D eigenvalue weighted by Crippen LogP contribution is 2.35. The number of hydrogen-bond donors (Lipinski definition) is 3. The molecule has 2 heterocycles. The van der Waals surface area contributed by atoms with E-state index in [0.29, 0.717) is 19.1 Å². The van der Waals surface area contributed by atoms with Gasteiger partial charge in [-0.1, -0.05) is 31.2 Å². The molecule has 1 aromatic heterocycles. The summed E-state index contributed by atoms with van der Waals surface area (Å²) in [6.07, 6.45) is 5.16. The zero-order chi connectivity index (χ0) is 28.9. The molecular formula is C33H42N2O6. The lowest BCUT2D eigenvalue weighted by molar-refractivity contribution is -0.143. The Morgan fingerprint density at radius 1 is 1.07 bits per heavy atom. The van der Waals surface area contributed by atoms with Gasteiger partial charge in [0.25, 0.3) is 0 Å². The molecule has 8 nitrogen and oxygen atoms in total. The minimum atomic E-state index is -0.662. The van der Waals surface area contributed by atoms with Gasteiger partial charge in [-0.05, 0) is 79.3 Å². The summed E-state index contributed by atoms with van der Waals surface area (Å²) in [5.74, 6) is 1.43. The number of rotatable bonds is 12. The number of carbonyl (C=O) groups is 1. The molecule has 1 saturated carbocycles. The molecule has 0 saturated heterocycles. The van der Waals surface area contributed by atoms with E-state index in [4.69, 9.17) is 9.47 Å². The number of fused-ring (bicyclic) bond motifs is 1. The number of ether oxygens (including phenoxy) is 2. The van der Waals surface area contributed by atoms with Crippen LogP contribution in [0, 0.1) is 11.8 Å². The number of hydrogen-bond acceptors (Lipinski definition) is 6. The van der Waals surface area contributed by atoms with Crippen molar-refractivity contribution >= 4 is 5.97 Å². The third kappa shape index (κ3) is 6.81. The van der Waals surface area contributed by atoms with Crippen LogP contribution in [0.1, 0.15) is 67.8 Å². The van der Waals surface area contributed by atoms with Crippen LogP contribution < -0.4 is 9.47 Å². The van der Waals surface area contributed by atoms with E-state index in [1.54, 1.807) is 0 Å². The van der Waals surface area contributed by atoms with Crippen LogP contribution in [0.4, 0.5) is 0 Å². The van der Waals surface area contributed by atoms with Gasteiger partial charge in [0.1, 0.15) is 18.1 Å². The summed E-state index contributed by atoms with van der Waals surface area (Å²) in [7, 11) is 0. The molecule has 41 heavy (non-hydrogen) atoms. The molecule has 3 aromatic rings. The second kappa shape index (κ2) is 12.9. The largest absolute Gasteiger partial charge is 0.494 e. The SMILES string of the molecule is CCc1cc(CN(CC2CCC(C(=O)O)CC2)C(C)c2ccc3c(c2)CCO3)ccc1OCCn1c(O)ccc1O. The molecule has 5 rings (SSSR count). The van der Waals surface area contributed by atoms with Crippen molar-refractivity contribution < 1.29 is 29.6 Å². The predicted octanol–water partition coefficient (Wildman–Crippen LogP) is 5.93. The maximum Gasteiger partial charge on any atom is 0.306 e. The van der Waals surface area contributed by atoms with Gasteiger partial charge in [-0.25, -0.2) is 0 Å². The summed E-state index contributed by atoms with van der Waals surface area (Å²) in [6, 6.07) is 16.0. The minimum Gasteiger partial charge on any atom is -0.494 e. The van der Waals surface area contributed by atoms with Crippen molar-refractivity contribution in [2.75, 3.05) is 19.8 Å². The van der Waals surface area contributed by atoms with Crippen molar-refractivity contribution in [3.63, 3.8) is 0 Å². The van der Waals surface area contributed by atoms with Crippen LogP contribution in [0.15, 0.2) is 48.5 Å². The molecule has 1 atom stereocenters. The molecule has 1 fully saturated rings. The molecule has 2 aromatic carbocycles. The molecule has 1 aliphatic heterocycles. The smallest absolute Gasteiger partial charge is 0.306 e. The Morgan fingerprint density at radius 2 is 1.83 bits per heavy atom. The summed E-state index contributed by atoms with van der Waals surface area (Å²) in [5.41, 5.74) is 4.88. The number of nitrogens with zero attached hydrogens (tertiary/aromatic N) is 2. The maximum absolute atomic E-state index is 11.5. The van der Waals surface area contributed by atoms with Crippen molar-refractivity contribution in [1.82, 2.24) is 9.47 Å². The number of carboxylic acid groups (broad SMARTS) is 1. The summed E-state index contributed by atoms with van der Waals surface area (Å²) in [4.78, 5) is 14.0. The Hall–Kier alpha value is -3.65. The third-order valence-corrected chi connectivity index (χ3v) is 8.83. The van der Waals surface area contributed by atoms with Crippen LogP contribution in [-0.2, 0) is 30.7 Å². The maximum atomic E-state index is 11.5. The van der Waals surface area contributed by atoms with Crippen LogP contribution in [-0.4, -0.2) is 50.5 Å². The third-order valence-electron chi connectivity index (χ3n) is 8.83. The van der Waals surface area contributed by atoms with Gasteiger partial charge in [0.2, 0.25) is 0 Å². The Morgan fingerprint density at radius 3 is 2.54 bits per heavy atom. The summed E-state index contributed by atoms with van der Waals surface area (Å²) in [5, 5.41) is 29.2. The van der Waals surface area contributed by atoms with Gasteiger partial charge < -0.3 is 24.8 Å². The second-order valence-electron chi connectivity index (χ2n) is 11.5. The van der Waals surface area contributed by atoms with Gasteiger partial charge in [0.15, 0.2) is 11.8 Å². The predicted molar refractivity (Wildman–Crippen MR) is 157 cm³/mol. The van der Waals surface area contributed by atoms with Crippen molar-refractivity contribution in [2.45, 2.75) is 71.5 Å². The van der Waals surface area contributed by atoms with Crippen LogP contribution in [0.5, 0.6) is 23.3 Å². The van der Waals surface area contributed by atoms with Crippen molar-refractivity contribution in [3.05, 3.63) is 70.8 Å². The van der Waals surface area contributed by atoms with E-state index in [-0.39, 0.29) is 23.7 Å². The fourth-order valence-corrected chi connectivity index (χ4v) is 6.27. The zero-order valence-corrected chi connectivity index (χ0v) is 24.1. The van der Waals surface area contributed by atoms with E-state index in [1.165, 1.54) is 33.4 Å². The zero-order valence-electron chi connectivity index (χ0n) is 24.1. The number of benzene rings is 2. The quantitative estimate of drug-likeness (QED) is 0.251. The lowest BCUT2D eigenvalue weighted by Crippen LogP contribution is -2.34. The van der Waals surface area contributed by atoms with Crippen LogP contribution in [0.3, 0.4) is 0 Å². The monoisotopic (exact) mass is 562 g/mol. The van der Waals surface area contributed by atoms with Crippen molar-refractivity contribution in [2.24, 2.45) is 11.8 Å². The topological polar surface area (TPSA) is 104 Å². The summed E-state index contributed by atoms with van der Waals surface area (Å²) < 4.78 is 13.2. The molecule has 0 radical (unpaired) electrons. The number of aromatic nitrogens is 1. The Labute approximate surface area is 242 Å². The molecule has 8 heteroatoms. The Balaban J connectivity index is 1.30. The lowest BCUT2D eigenvalue weighted by Gasteiger charge is -2.35. The van der Waals surface area contributed by atoms with Gasteiger partial charge in [-0.3, -0.25) is 14.3 Å². The minimum absolute atomic E-state index is 0.0127. The van der Waals surface area contributed by atoms with E-state index in [9.17, 15) is 20.1 Å². The molecule has 0 bridgehead atoms. The highest BCUT2D eigenvalue weighted by atomic mass is 16.5. The van der Waals surface area contributed by atoms with E-state index in [0.717, 1.165) is 75.3 Å². The average Bonchev–Trinajstić information content (AvgIpc) is 3.58. The average molecular weight is 563 g/mol. The molecule has 1 unspecified atom stereocenters. The first-order chi connectivity index (χ1) is 19.8. The molecule has 1 aliphatic carbocycles. The summed E-state index contributed by atoms with van der Waals surface area (Å²) in [6.45, 7) is 7.50. The van der Waals surface area contributed by atoms with E-state index >= 15 is 0 Å². The van der Waals surface area contributed by atoms with Crippen LogP contribution in [0.2, 0.25) is 0 Å². The molecule has 3 N–H and O–H groups in total. The van der Waals surface area contributed by atoms with Crippen molar-refractivity contribution in [1.29, 1.82) is 0 Å². The first kappa shape index (κ1) is 28.9. The number of aliphatic carboxylic acids is 1. The second-order valence-corrected chi connectivity index (χ2v) is 11.5. The molecule has 2 aliphatic rings. The van der Waals surface area contributed by atoms with Crippen LogP contribution >= 0.6 is 0 Å². The Bertz CT molecular complexity index is 1320. The van der Waals surface area contributed by atoms with E-state index in [2.05, 4.69) is 49.1 Å². The molecule has 0 amide bonds. The number of carboxylic acids is 1. The normalized spacial score (nSPS) is 19.1. The van der Waals surface area contributed by atoms with Gasteiger partial charge in [-0.15, -0.1) is 0 Å². The lowest BCUT2D eigenvalue weighted by atomic mass is 9.81. The molecule has 0 spiro atoms. The first-order valence-corrected chi connectivity index (χ1v) is 14.9.